The third-order valence-electron chi connectivity index (χ3n) is 13.7. The van der Waals surface area contributed by atoms with Crippen molar-refractivity contribution in [2.45, 2.75) is 126 Å². The molecular weight excluding hydrogens is 1020 g/mol. The van der Waals surface area contributed by atoms with Crippen molar-refractivity contribution in [3.8, 4) is 0 Å². The van der Waals surface area contributed by atoms with Crippen molar-refractivity contribution in [1.82, 2.24) is 47.5 Å². The maximum absolute atomic E-state index is 15.3. The molecule has 9 amide bonds. The van der Waals surface area contributed by atoms with Gasteiger partial charge in [0.15, 0.2) is 11.9 Å². The fourth-order valence-electron chi connectivity index (χ4n) is 9.66. The van der Waals surface area contributed by atoms with Gasteiger partial charge in [-0.3, -0.25) is 53.1 Å². The van der Waals surface area contributed by atoms with Crippen molar-refractivity contribution in [3.05, 3.63) is 107 Å². The average Bonchev–Trinajstić information content (AvgIpc) is 4.18. The van der Waals surface area contributed by atoms with Gasteiger partial charge >= 0.3 is 0 Å². The zero-order valence-corrected chi connectivity index (χ0v) is 44.1. The van der Waals surface area contributed by atoms with E-state index in [2.05, 4.69) is 57.5 Å². The van der Waals surface area contributed by atoms with E-state index in [0.29, 0.717) is 22.3 Å². The van der Waals surface area contributed by atoms with Gasteiger partial charge in [0.05, 0.1) is 6.42 Å². The van der Waals surface area contributed by atoms with Crippen LogP contribution in [0.25, 0.3) is 10.9 Å². The van der Waals surface area contributed by atoms with Crippen molar-refractivity contribution in [3.63, 3.8) is 0 Å². The number of hydrogen-bond donors (Lipinski definition) is 14. The molecule has 1 aliphatic carbocycles. The highest BCUT2D eigenvalue weighted by Crippen LogP contribution is 2.31. The largest absolute Gasteiger partial charge is 0.370 e. The van der Waals surface area contributed by atoms with Crippen LogP contribution in [0.15, 0.2) is 95.0 Å². The van der Waals surface area contributed by atoms with Crippen LogP contribution in [0.1, 0.15) is 80.5 Å². The van der Waals surface area contributed by atoms with Crippen molar-refractivity contribution in [1.29, 1.82) is 0 Å². The summed E-state index contributed by atoms with van der Waals surface area (Å²) >= 11 is 0. The topological polar surface area (TPSA) is 420 Å². The Morgan fingerprint density at radius 2 is 1.30 bits per heavy atom. The molecule has 79 heavy (non-hydrogen) atoms. The number of aromatic amines is 1. The van der Waals surface area contributed by atoms with Gasteiger partial charge in [-0.1, -0.05) is 72.8 Å². The van der Waals surface area contributed by atoms with Crippen molar-refractivity contribution in [2.75, 3.05) is 19.6 Å². The number of aliphatic imine (C=N–C) groups is 2. The summed E-state index contributed by atoms with van der Waals surface area (Å²) in [6, 6.07) is 15.0. The first-order chi connectivity index (χ1) is 37.8. The Bertz CT molecular complexity index is 2880. The Hall–Kier alpha value is -9.03. The van der Waals surface area contributed by atoms with Crippen molar-refractivity contribution >= 4 is 76.0 Å². The summed E-state index contributed by atoms with van der Waals surface area (Å²) in [5.41, 5.74) is 29.6. The van der Waals surface area contributed by atoms with Crippen molar-refractivity contribution in [2.24, 2.45) is 38.7 Å². The van der Waals surface area contributed by atoms with E-state index in [1.165, 1.54) is 6.92 Å². The fourth-order valence-corrected chi connectivity index (χ4v) is 9.66. The molecule has 2 heterocycles. The van der Waals surface area contributed by atoms with E-state index in [1.807, 2.05) is 24.3 Å². The first-order valence-electron chi connectivity index (χ1n) is 26.2. The predicted molar refractivity (Wildman–Crippen MR) is 295 cm³/mol. The molecule has 0 bridgehead atoms. The monoisotopic (exact) mass is 1090 g/mol. The number of nitrogens with two attached hydrogens (primary N) is 5. The van der Waals surface area contributed by atoms with Gasteiger partial charge in [-0.05, 0) is 73.3 Å². The second kappa shape index (κ2) is 28.4. The molecule has 6 rings (SSSR count). The number of H-pyrrole nitrogens is 1. The summed E-state index contributed by atoms with van der Waals surface area (Å²) in [6.45, 7) is 1.41. The summed E-state index contributed by atoms with van der Waals surface area (Å²) in [5.74, 6) is -7.39. The summed E-state index contributed by atoms with van der Waals surface area (Å²) in [6.07, 6.45) is 1.67. The highest BCUT2D eigenvalue weighted by atomic mass is 16.2. The fraction of sp³-hybridized carbons (Fsp3) is 0.426. The first kappa shape index (κ1) is 59.2. The van der Waals surface area contributed by atoms with Crippen LogP contribution in [0.2, 0.25) is 0 Å². The van der Waals surface area contributed by atoms with Gasteiger partial charge in [0.2, 0.25) is 53.2 Å². The van der Waals surface area contributed by atoms with E-state index in [9.17, 15) is 38.4 Å². The zero-order valence-electron chi connectivity index (χ0n) is 44.1. The molecule has 1 aromatic heterocycles. The van der Waals surface area contributed by atoms with E-state index in [1.54, 1.807) is 60.8 Å². The number of nitrogens with zero attached hydrogens (tertiary/aromatic N) is 2. The van der Waals surface area contributed by atoms with Gasteiger partial charge in [0, 0.05) is 69.3 Å². The number of aromatic nitrogens is 1. The van der Waals surface area contributed by atoms with Gasteiger partial charge in [-0.15, -0.1) is 0 Å². The molecule has 0 saturated carbocycles. The van der Waals surface area contributed by atoms with Crippen LogP contribution in [0.3, 0.4) is 0 Å². The van der Waals surface area contributed by atoms with Gasteiger partial charge in [-0.25, -0.2) is 0 Å². The summed E-state index contributed by atoms with van der Waals surface area (Å²) in [4.78, 5) is 138. The standard InChI is InChI=1S/C54H72N16O9/c1-31(71)64-39(20-11-23-61-52(56)57)46(74)68-43-27-44(72)60-22-10-9-19-38(45(55)73)65-49(77)42(26-35-30-63-37-18-8-7-17-36(35)37)67-47(75)40(21-12-24-62-53(58)59)66-48(76)41(25-32-13-3-2-4-14-32)69-51(79)54(70-50(43)78)28-33-15-5-6-16-34(33)29-54/h2-8,13-18,30,38-43,63H,9-12,19-29H2,1H3,(H2,55,73)(H,60,72)(H,64,71)(H,65,77)(H,66,76)(H,67,75)(H,68,74)(H,69,79)(H,70,78)(H4,56,57,61)(H4,58,59,62)/t38-,39-,40-,41+,42-,43-/m0/s1. The average molecular weight is 1090 g/mol. The second-order valence-corrected chi connectivity index (χ2v) is 19.8. The number of primary amides is 1. The molecule has 4 aromatic rings. The van der Waals surface area contributed by atoms with E-state index in [0.717, 1.165) is 10.9 Å². The van der Waals surface area contributed by atoms with Crippen LogP contribution in [0.5, 0.6) is 0 Å². The van der Waals surface area contributed by atoms with Crippen LogP contribution >= 0.6 is 0 Å². The summed E-state index contributed by atoms with van der Waals surface area (Å²) in [5, 5.41) is 22.8. The maximum Gasteiger partial charge on any atom is 0.247 e. The molecule has 25 nitrogen and oxygen atoms in total. The van der Waals surface area contributed by atoms with Crippen molar-refractivity contribution < 1.29 is 43.2 Å². The minimum atomic E-state index is -1.82. The number of hydrogen-bond acceptors (Lipinski definition) is 11. The van der Waals surface area contributed by atoms with Crippen LogP contribution in [-0.4, -0.2) is 131 Å². The number of guanidine groups is 2. The Morgan fingerprint density at radius 3 is 1.97 bits per heavy atom. The second-order valence-electron chi connectivity index (χ2n) is 19.8. The van der Waals surface area contributed by atoms with E-state index in [4.69, 9.17) is 28.7 Å². The highest BCUT2D eigenvalue weighted by molar-refractivity contribution is 6.01. The molecule has 422 valence electrons. The molecule has 3 aromatic carbocycles. The Balaban J connectivity index is 1.40. The Kier molecular flexibility index (Phi) is 21.3. The molecule has 25 heteroatoms. The summed E-state index contributed by atoms with van der Waals surface area (Å²) in [7, 11) is 0. The summed E-state index contributed by atoms with van der Waals surface area (Å²) < 4.78 is 0. The lowest BCUT2D eigenvalue weighted by Gasteiger charge is -2.33. The number of amides is 9. The van der Waals surface area contributed by atoms with Crippen LogP contribution in [0, 0.1) is 0 Å². The molecule has 1 fully saturated rings. The molecule has 2 aliphatic rings. The molecule has 19 N–H and O–H groups in total. The lowest BCUT2D eigenvalue weighted by Crippen LogP contribution is -2.66. The zero-order chi connectivity index (χ0) is 57.1. The highest BCUT2D eigenvalue weighted by Gasteiger charge is 2.48. The third kappa shape index (κ3) is 17.5. The van der Waals surface area contributed by atoms with E-state index >= 15 is 4.79 Å². The minimum absolute atomic E-state index is 0.0230. The number of nitrogens with one attached hydrogen (secondary N) is 9. The van der Waals surface area contributed by atoms with Gasteiger partial charge < -0.3 is 76.2 Å². The molecule has 0 radical (unpaired) electrons. The Labute approximate surface area is 456 Å². The maximum atomic E-state index is 15.3. The lowest BCUT2D eigenvalue weighted by molar-refractivity contribution is -0.139. The van der Waals surface area contributed by atoms with Gasteiger partial charge in [0.1, 0.15) is 41.8 Å². The van der Waals surface area contributed by atoms with Crippen LogP contribution in [0.4, 0.5) is 0 Å². The first-order valence-corrected chi connectivity index (χ1v) is 26.2. The molecule has 1 aliphatic heterocycles. The predicted octanol–water partition coefficient (Wildman–Crippen LogP) is -2.18. The number of carbonyl (C=O) groups excluding carboxylic acids is 9. The van der Waals surface area contributed by atoms with Crippen LogP contribution in [-0.2, 0) is 68.8 Å². The molecule has 0 unspecified atom stereocenters. The number of carbonyl (C=O) groups is 9. The lowest BCUT2D eigenvalue weighted by atomic mass is 9.92. The minimum Gasteiger partial charge on any atom is -0.370 e. The van der Waals surface area contributed by atoms with Gasteiger partial charge in [-0.2, -0.15) is 0 Å². The SMILES string of the molecule is CC(=O)N[C@@H](CCCN=C(N)N)C(=O)N[C@H]1CC(=O)NCCCC[C@@H](C(N)=O)NC(=O)[C@H](Cc2c[nH]c3ccccc23)NC(=O)[C@H](CCCN=C(N)N)NC(=O)[C@@H](Cc2ccccc2)NC(=O)C2(Cc3ccccc3C2)NC1=O. The number of fused-ring (bicyclic) bond motifs is 2. The molecule has 1 saturated heterocycles. The van der Waals surface area contributed by atoms with E-state index in [-0.39, 0.29) is 102 Å². The molecule has 1 spiro atoms. The number of benzene rings is 3. The molecule has 6 atom stereocenters. The number of para-hydroxylation sites is 1. The quantitative estimate of drug-likeness (QED) is 0.0323. The molecular formula is C54H72N16O9. The van der Waals surface area contributed by atoms with Crippen LogP contribution < -0.4 is 71.2 Å². The van der Waals surface area contributed by atoms with E-state index < -0.39 is 101 Å². The Morgan fingerprint density at radius 1 is 0.696 bits per heavy atom. The smallest absolute Gasteiger partial charge is 0.247 e. The van der Waals surface area contributed by atoms with Gasteiger partial charge in [0.25, 0.3) is 0 Å². The normalized spacial score (nSPS) is 20.8. The third-order valence-corrected chi connectivity index (χ3v) is 13.7. The number of rotatable bonds is 16.